The standard InChI is InChI=1S/C11H16N2O5/c1-17-7-8-6-9(13-18-8)11(16)12-5-3-2-4-10(14)15/h6H,2-5,7H2,1H3,(H,12,16)(H,14,15). The van der Waals surface area contributed by atoms with E-state index in [-0.39, 0.29) is 24.6 Å². The SMILES string of the molecule is COCc1cc(C(=O)NCCCCC(=O)O)no1. The van der Waals surface area contributed by atoms with E-state index in [9.17, 15) is 9.59 Å². The highest BCUT2D eigenvalue weighted by atomic mass is 16.5. The Morgan fingerprint density at radius 1 is 1.50 bits per heavy atom. The first-order valence-electron chi connectivity index (χ1n) is 5.58. The van der Waals surface area contributed by atoms with E-state index in [0.29, 0.717) is 25.1 Å². The van der Waals surface area contributed by atoms with Crippen LogP contribution in [0.1, 0.15) is 35.5 Å². The van der Waals surface area contributed by atoms with E-state index in [0.717, 1.165) is 0 Å². The lowest BCUT2D eigenvalue weighted by molar-refractivity contribution is -0.137. The van der Waals surface area contributed by atoms with Crippen LogP contribution in [0, 0.1) is 0 Å². The number of hydrogen-bond donors (Lipinski definition) is 2. The van der Waals surface area contributed by atoms with Gasteiger partial charge in [-0.2, -0.15) is 0 Å². The van der Waals surface area contributed by atoms with Gasteiger partial charge in [0.15, 0.2) is 11.5 Å². The maximum atomic E-state index is 11.6. The lowest BCUT2D eigenvalue weighted by Crippen LogP contribution is -2.24. The first-order chi connectivity index (χ1) is 8.63. The second-order valence-corrected chi connectivity index (χ2v) is 3.72. The first-order valence-corrected chi connectivity index (χ1v) is 5.58. The third-order valence-corrected chi connectivity index (χ3v) is 2.18. The molecular weight excluding hydrogens is 240 g/mol. The maximum Gasteiger partial charge on any atom is 0.303 e. The van der Waals surface area contributed by atoms with Crippen LogP contribution in [0.5, 0.6) is 0 Å². The van der Waals surface area contributed by atoms with Crippen molar-refractivity contribution in [1.82, 2.24) is 10.5 Å². The van der Waals surface area contributed by atoms with Crippen molar-refractivity contribution in [2.24, 2.45) is 0 Å². The van der Waals surface area contributed by atoms with Gasteiger partial charge in [0.05, 0.1) is 0 Å². The number of amides is 1. The molecule has 0 spiro atoms. The van der Waals surface area contributed by atoms with Crippen molar-refractivity contribution in [2.75, 3.05) is 13.7 Å². The van der Waals surface area contributed by atoms with Crippen molar-refractivity contribution in [3.8, 4) is 0 Å². The lowest BCUT2D eigenvalue weighted by Gasteiger charge is -2.01. The summed E-state index contributed by atoms with van der Waals surface area (Å²) in [7, 11) is 1.52. The van der Waals surface area contributed by atoms with E-state index in [2.05, 4.69) is 10.5 Å². The van der Waals surface area contributed by atoms with Crippen molar-refractivity contribution in [1.29, 1.82) is 0 Å². The largest absolute Gasteiger partial charge is 0.481 e. The van der Waals surface area contributed by atoms with Crippen LogP contribution in [-0.2, 0) is 16.1 Å². The molecule has 0 radical (unpaired) electrons. The Hall–Kier alpha value is -1.89. The summed E-state index contributed by atoms with van der Waals surface area (Å²) in [6, 6.07) is 1.51. The van der Waals surface area contributed by atoms with E-state index in [1.807, 2.05) is 0 Å². The van der Waals surface area contributed by atoms with Crippen LogP contribution >= 0.6 is 0 Å². The van der Waals surface area contributed by atoms with Crippen LogP contribution in [0.2, 0.25) is 0 Å². The number of carbonyl (C=O) groups excluding carboxylic acids is 1. The Bertz CT molecular complexity index is 402. The smallest absolute Gasteiger partial charge is 0.303 e. The van der Waals surface area contributed by atoms with Gasteiger partial charge in [-0.1, -0.05) is 5.16 Å². The molecule has 0 saturated carbocycles. The van der Waals surface area contributed by atoms with Gasteiger partial charge in [0.2, 0.25) is 0 Å². The Kier molecular flexibility index (Phi) is 5.86. The number of nitrogens with zero attached hydrogens (tertiary/aromatic N) is 1. The number of carboxylic acids is 1. The van der Waals surface area contributed by atoms with E-state index >= 15 is 0 Å². The molecule has 0 unspecified atom stereocenters. The van der Waals surface area contributed by atoms with Crippen molar-refractivity contribution in [3.63, 3.8) is 0 Å². The van der Waals surface area contributed by atoms with Crippen LogP contribution in [0.15, 0.2) is 10.6 Å². The third kappa shape index (κ3) is 4.96. The molecule has 0 aliphatic rings. The molecule has 1 aromatic rings. The molecule has 0 aliphatic heterocycles. The number of ether oxygens (including phenoxy) is 1. The fourth-order valence-corrected chi connectivity index (χ4v) is 1.32. The second-order valence-electron chi connectivity index (χ2n) is 3.72. The summed E-state index contributed by atoms with van der Waals surface area (Å²) in [6.07, 6.45) is 1.25. The predicted octanol–water partition coefficient (Wildman–Crippen LogP) is 0.806. The minimum Gasteiger partial charge on any atom is -0.481 e. The molecule has 1 rings (SSSR count). The molecule has 18 heavy (non-hydrogen) atoms. The highest BCUT2D eigenvalue weighted by Gasteiger charge is 2.11. The van der Waals surface area contributed by atoms with Gasteiger partial charge in [-0.3, -0.25) is 9.59 Å². The summed E-state index contributed by atoms with van der Waals surface area (Å²) >= 11 is 0. The Morgan fingerprint density at radius 3 is 2.94 bits per heavy atom. The summed E-state index contributed by atoms with van der Waals surface area (Å²) < 4.78 is 9.71. The zero-order chi connectivity index (χ0) is 13.4. The molecule has 1 aromatic heterocycles. The van der Waals surface area contributed by atoms with Crippen LogP contribution in [0.3, 0.4) is 0 Å². The molecule has 1 heterocycles. The van der Waals surface area contributed by atoms with Gasteiger partial charge < -0.3 is 19.7 Å². The number of nitrogens with one attached hydrogen (secondary N) is 1. The second kappa shape index (κ2) is 7.44. The maximum absolute atomic E-state index is 11.6. The van der Waals surface area contributed by atoms with Crippen LogP contribution in [0.4, 0.5) is 0 Å². The molecule has 0 aromatic carbocycles. The normalized spacial score (nSPS) is 10.3. The minimum absolute atomic E-state index is 0.109. The molecule has 7 heteroatoms. The quantitative estimate of drug-likeness (QED) is 0.667. The highest BCUT2D eigenvalue weighted by molar-refractivity contribution is 5.92. The molecule has 0 fully saturated rings. The summed E-state index contributed by atoms with van der Waals surface area (Å²) in [5.74, 6) is -0.688. The number of aliphatic carboxylic acids is 1. The van der Waals surface area contributed by atoms with E-state index in [1.165, 1.54) is 13.2 Å². The van der Waals surface area contributed by atoms with E-state index in [4.69, 9.17) is 14.4 Å². The zero-order valence-corrected chi connectivity index (χ0v) is 10.1. The average molecular weight is 256 g/mol. The minimum atomic E-state index is -0.831. The summed E-state index contributed by atoms with van der Waals surface area (Å²) in [5.41, 5.74) is 0.195. The topological polar surface area (TPSA) is 102 Å². The van der Waals surface area contributed by atoms with Gasteiger partial charge in [0, 0.05) is 26.1 Å². The fourth-order valence-electron chi connectivity index (χ4n) is 1.32. The fraction of sp³-hybridized carbons (Fsp3) is 0.545. The number of carbonyl (C=O) groups is 2. The molecule has 0 saturated heterocycles. The molecular formula is C11H16N2O5. The average Bonchev–Trinajstić information content (AvgIpc) is 2.77. The number of aromatic nitrogens is 1. The van der Waals surface area contributed by atoms with Crippen LogP contribution in [-0.4, -0.2) is 35.8 Å². The number of hydrogen-bond acceptors (Lipinski definition) is 5. The van der Waals surface area contributed by atoms with Gasteiger partial charge in [-0.15, -0.1) is 0 Å². The summed E-state index contributed by atoms with van der Waals surface area (Å²) in [5, 5.41) is 14.7. The third-order valence-electron chi connectivity index (χ3n) is 2.18. The van der Waals surface area contributed by atoms with Crippen LogP contribution in [0.25, 0.3) is 0 Å². The molecule has 0 aliphatic carbocycles. The van der Waals surface area contributed by atoms with Gasteiger partial charge in [0.1, 0.15) is 6.61 Å². The number of carboxylic acid groups (broad SMARTS) is 1. The summed E-state index contributed by atoms with van der Waals surface area (Å²) in [4.78, 5) is 21.8. The van der Waals surface area contributed by atoms with E-state index in [1.54, 1.807) is 0 Å². The predicted molar refractivity (Wildman–Crippen MR) is 61.0 cm³/mol. The van der Waals surface area contributed by atoms with E-state index < -0.39 is 5.97 Å². The van der Waals surface area contributed by atoms with Crippen molar-refractivity contribution >= 4 is 11.9 Å². The van der Waals surface area contributed by atoms with Gasteiger partial charge in [-0.25, -0.2) is 0 Å². The molecule has 0 atom stereocenters. The molecule has 7 nitrogen and oxygen atoms in total. The zero-order valence-electron chi connectivity index (χ0n) is 10.1. The number of unbranched alkanes of at least 4 members (excludes halogenated alkanes) is 1. The number of methoxy groups -OCH3 is 1. The number of rotatable bonds is 8. The van der Waals surface area contributed by atoms with Gasteiger partial charge >= 0.3 is 5.97 Å². The molecule has 2 N–H and O–H groups in total. The Balaban J connectivity index is 2.25. The lowest BCUT2D eigenvalue weighted by atomic mass is 10.2. The highest BCUT2D eigenvalue weighted by Crippen LogP contribution is 2.04. The molecule has 0 bridgehead atoms. The van der Waals surface area contributed by atoms with Gasteiger partial charge in [0.25, 0.3) is 5.91 Å². The Labute approximate surface area is 104 Å². The van der Waals surface area contributed by atoms with Crippen molar-refractivity contribution < 1.29 is 24.0 Å². The van der Waals surface area contributed by atoms with Crippen LogP contribution < -0.4 is 5.32 Å². The van der Waals surface area contributed by atoms with Gasteiger partial charge in [-0.05, 0) is 12.8 Å². The molecule has 100 valence electrons. The molecule has 1 amide bonds. The summed E-state index contributed by atoms with van der Waals surface area (Å²) in [6.45, 7) is 0.678. The van der Waals surface area contributed by atoms with Crippen molar-refractivity contribution in [3.05, 3.63) is 17.5 Å². The van der Waals surface area contributed by atoms with Crippen molar-refractivity contribution in [2.45, 2.75) is 25.9 Å². The Morgan fingerprint density at radius 2 is 2.28 bits per heavy atom. The monoisotopic (exact) mass is 256 g/mol. The first kappa shape index (κ1) is 14.2.